The van der Waals surface area contributed by atoms with Gasteiger partial charge in [-0.15, -0.1) is 11.3 Å². The number of aromatic nitrogens is 3. The number of hydrogen-bond donors (Lipinski definition) is 2. The summed E-state index contributed by atoms with van der Waals surface area (Å²) in [5.74, 6) is 0.668. The Kier molecular flexibility index (Phi) is 4.55. The highest BCUT2D eigenvalue weighted by Crippen LogP contribution is 2.35. The number of fused-ring (bicyclic) bond motifs is 1. The van der Waals surface area contributed by atoms with Gasteiger partial charge < -0.3 is 5.11 Å². The SMILES string of the molecule is CC(C)(C)c1cc2c(N/N=C\c3cccc(CO)n3)ncnc2s1. The summed E-state index contributed by atoms with van der Waals surface area (Å²) in [6, 6.07) is 7.53. The Bertz CT molecular complexity index is 882. The first-order valence-corrected chi connectivity index (χ1v) is 8.40. The van der Waals surface area contributed by atoms with E-state index in [0.717, 1.165) is 10.2 Å². The van der Waals surface area contributed by atoms with E-state index in [1.807, 2.05) is 12.1 Å². The molecule has 124 valence electrons. The predicted molar refractivity (Wildman–Crippen MR) is 97.5 cm³/mol. The first-order chi connectivity index (χ1) is 11.5. The summed E-state index contributed by atoms with van der Waals surface area (Å²) in [6.45, 7) is 6.44. The Morgan fingerprint density at radius 3 is 2.88 bits per heavy atom. The molecule has 0 aliphatic carbocycles. The van der Waals surface area contributed by atoms with Crippen LogP contribution in [0.2, 0.25) is 0 Å². The van der Waals surface area contributed by atoms with E-state index in [0.29, 0.717) is 17.2 Å². The van der Waals surface area contributed by atoms with Crippen LogP contribution in [0.4, 0.5) is 5.82 Å². The smallest absolute Gasteiger partial charge is 0.158 e. The normalized spacial score (nSPS) is 12.2. The average Bonchev–Trinajstić information content (AvgIpc) is 3.00. The van der Waals surface area contributed by atoms with Gasteiger partial charge in [-0.25, -0.2) is 15.0 Å². The van der Waals surface area contributed by atoms with Gasteiger partial charge in [0.2, 0.25) is 0 Å². The summed E-state index contributed by atoms with van der Waals surface area (Å²) in [7, 11) is 0. The maximum atomic E-state index is 9.11. The number of aliphatic hydroxyl groups is 1. The molecule has 6 nitrogen and oxygen atoms in total. The van der Waals surface area contributed by atoms with Crippen LogP contribution in [0, 0.1) is 0 Å². The van der Waals surface area contributed by atoms with Gasteiger partial charge in [0.15, 0.2) is 5.82 Å². The molecule has 0 aliphatic heterocycles. The molecule has 24 heavy (non-hydrogen) atoms. The summed E-state index contributed by atoms with van der Waals surface area (Å²) in [5, 5.41) is 14.3. The minimum absolute atomic E-state index is 0.0700. The van der Waals surface area contributed by atoms with Crippen LogP contribution < -0.4 is 5.43 Å². The summed E-state index contributed by atoms with van der Waals surface area (Å²) in [5.41, 5.74) is 4.31. The van der Waals surface area contributed by atoms with Crippen molar-refractivity contribution >= 4 is 33.6 Å². The Morgan fingerprint density at radius 1 is 1.29 bits per heavy atom. The lowest BCUT2D eigenvalue weighted by atomic mass is 9.94. The van der Waals surface area contributed by atoms with Crippen LogP contribution in [0.3, 0.4) is 0 Å². The van der Waals surface area contributed by atoms with Crippen LogP contribution in [-0.4, -0.2) is 26.3 Å². The molecule has 0 aromatic carbocycles. The van der Waals surface area contributed by atoms with E-state index in [1.165, 1.54) is 11.2 Å². The Balaban J connectivity index is 1.84. The third-order valence-electron chi connectivity index (χ3n) is 3.43. The van der Waals surface area contributed by atoms with Gasteiger partial charge in [0.05, 0.1) is 29.6 Å². The molecule has 0 atom stereocenters. The fraction of sp³-hybridized carbons (Fsp3) is 0.294. The summed E-state index contributed by atoms with van der Waals surface area (Å²) >= 11 is 1.67. The van der Waals surface area contributed by atoms with E-state index in [4.69, 9.17) is 5.11 Å². The lowest BCUT2D eigenvalue weighted by Gasteiger charge is -2.14. The van der Waals surface area contributed by atoms with E-state index < -0.39 is 0 Å². The van der Waals surface area contributed by atoms with Crippen molar-refractivity contribution in [2.75, 3.05) is 5.43 Å². The molecule has 3 aromatic rings. The van der Waals surface area contributed by atoms with E-state index in [2.05, 4.69) is 52.3 Å². The highest BCUT2D eigenvalue weighted by molar-refractivity contribution is 7.18. The van der Waals surface area contributed by atoms with Gasteiger partial charge in [-0.1, -0.05) is 26.8 Å². The van der Waals surface area contributed by atoms with Crippen molar-refractivity contribution < 1.29 is 5.11 Å². The molecule has 0 unspecified atom stereocenters. The van der Waals surface area contributed by atoms with Gasteiger partial charge in [-0.2, -0.15) is 5.10 Å². The Labute approximate surface area is 144 Å². The molecule has 2 N–H and O–H groups in total. The number of thiophene rings is 1. The van der Waals surface area contributed by atoms with E-state index in [1.54, 1.807) is 23.6 Å². The molecule has 0 bridgehead atoms. The molecule has 7 heteroatoms. The van der Waals surface area contributed by atoms with E-state index >= 15 is 0 Å². The molecule has 3 heterocycles. The molecule has 0 aliphatic rings. The fourth-order valence-corrected chi connectivity index (χ4v) is 3.19. The zero-order valence-corrected chi connectivity index (χ0v) is 14.6. The first-order valence-electron chi connectivity index (χ1n) is 7.58. The Morgan fingerprint density at radius 2 is 2.12 bits per heavy atom. The highest BCUT2D eigenvalue weighted by atomic mass is 32.1. The summed E-state index contributed by atoms with van der Waals surface area (Å²) in [6.07, 6.45) is 3.14. The molecular formula is C17H19N5OS. The van der Waals surface area contributed by atoms with Crippen molar-refractivity contribution in [3.63, 3.8) is 0 Å². The lowest BCUT2D eigenvalue weighted by molar-refractivity contribution is 0.277. The van der Waals surface area contributed by atoms with Crippen molar-refractivity contribution in [1.29, 1.82) is 0 Å². The van der Waals surface area contributed by atoms with Crippen LogP contribution in [0.25, 0.3) is 10.2 Å². The summed E-state index contributed by atoms with van der Waals surface area (Å²) in [4.78, 5) is 15.1. The molecule has 3 rings (SSSR count). The maximum Gasteiger partial charge on any atom is 0.158 e. The molecule has 0 radical (unpaired) electrons. The zero-order chi connectivity index (χ0) is 17.2. The van der Waals surface area contributed by atoms with E-state index in [-0.39, 0.29) is 12.0 Å². The molecule has 0 saturated heterocycles. The van der Waals surface area contributed by atoms with Crippen LogP contribution in [0.15, 0.2) is 35.7 Å². The molecule has 3 aromatic heterocycles. The standard InChI is InChI=1S/C17H19N5OS/c1-17(2,3)14-7-13-15(18-10-19-16(13)24-14)22-20-8-11-5-4-6-12(9-23)21-11/h4-8,10,23H,9H2,1-3H3,(H,18,19,22)/b20-8-. The second-order valence-corrected chi connectivity index (χ2v) is 7.41. The molecule has 0 fully saturated rings. The number of rotatable bonds is 4. The number of nitrogens with zero attached hydrogens (tertiary/aromatic N) is 4. The fourth-order valence-electron chi connectivity index (χ4n) is 2.13. The Hall–Kier alpha value is -2.38. The topological polar surface area (TPSA) is 83.3 Å². The minimum atomic E-state index is -0.0911. The summed E-state index contributed by atoms with van der Waals surface area (Å²) < 4.78 is 0. The molecule has 0 amide bonds. The minimum Gasteiger partial charge on any atom is -0.390 e. The lowest BCUT2D eigenvalue weighted by Crippen LogP contribution is -2.07. The van der Waals surface area contributed by atoms with Crippen LogP contribution in [-0.2, 0) is 12.0 Å². The number of hydrogen-bond acceptors (Lipinski definition) is 7. The third kappa shape index (κ3) is 3.58. The van der Waals surface area contributed by atoms with Gasteiger partial charge in [0.25, 0.3) is 0 Å². The highest BCUT2D eigenvalue weighted by Gasteiger charge is 2.18. The number of pyridine rings is 1. The van der Waals surface area contributed by atoms with Gasteiger partial charge in [-0.05, 0) is 23.6 Å². The second kappa shape index (κ2) is 6.62. The van der Waals surface area contributed by atoms with Crippen molar-refractivity contribution in [2.45, 2.75) is 32.8 Å². The molecule has 0 spiro atoms. The number of hydrazone groups is 1. The largest absolute Gasteiger partial charge is 0.390 e. The molecular weight excluding hydrogens is 322 g/mol. The van der Waals surface area contributed by atoms with Gasteiger partial charge in [0.1, 0.15) is 11.2 Å². The van der Waals surface area contributed by atoms with Crippen molar-refractivity contribution in [3.8, 4) is 0 Å². The van der Waals surface area contributed by atoms with Gasteiger partial charge in [0, 0.05) is 4.88 Å². The van der Waals surface area contributed by atoms with E-state index in [9.17, 15) is 0 Å². The average molecular weight is 341 g/mol. The van der Waals surface area contributed by atoms with Crippen LogP contribution in [0.1, 0.15) is 37.0 Å². The first kappa shape index (κ1) is 16.5. The zero-order valence-electron chi connectivity index (χ0n) is 13.8. The van der Waals surface area contributed by atoms with Crippen LogP contribution >= 0.6 is 11.3 Å². The second-order valence-electron chi connectivity index (χ2n) is 6.38. The maximum absolute atomic E-state index is 9.11. The number of anilines is 1. The monoisotopic (exact) mass is 341 g/mol. The van der Waals surface area contributed by atoms with Crippen molar-refractivity contribution in [2.24, 2.45) is 5.10 Å². The number of aliphatic hydroxyl groups excluding tert-OH is 1. The predicted octanol–water partition coefficient (Wildman–Crippen LogP) is 3.32. The van der Waals surface area contributed by atoms with Gasteiger partial charge >= 0.3 is 0 Å². The quantitative estimate of drug-likeness (QED) is 0.562. The van der Waals surface area contributed by atoms with Crippen molar-refractivity contribution in [3.05, 3.63) is 46.9 Å². The van der Waals surface area contributed by atoms with Crippen LogP contribution in [0.5, 0.6) is 0 Å². The number of nitrogens with one attached hydrogen (secondary N) is 1. The third-order valence-corrected chi connectivity index (χ3v) is 4.89. The van der Waals surface area contributed by atoms with Crippen molar-refractivity contribution in [1.82, 2.24) is 15.0 Å². The van der Waals surface area contributed by atoms with Gasteiger partial charge in [-0.3, -0.25) is 5.43 Å². The molecule has 0 saturated carbocycles.